The average molecular weight is 283 g/mol. The van der Waals surface area contributed by atoms with E-state index in [0.717, 1.165) is 24.0 Å². The highest BCUT2D eigenvalue weighted by molar-refractivity contribution is 9.10. The van der Waals surface area contributed by atoms with Crippen LogP contribution in [0.2, 0.25) is 0 Å². The summed E-state index contributed by atoms with van der Waals surface area (Å²) in [5.74, 6) is 0.0442. The molecular weight excluding hydrogens is 272 g/mol. The molecule has 2 saturated heterocycles. The third-order valence-corrected chi connectivity index (χ3v) is 3.44. The zero-order chi connectivity index (χ0) is 11.1. The van der Waals surface area contributed by atoms with Gasteiger partial charge in [0, 0.05) is 30.0 Å². The van der Waals surface area contributed by atoms with E-state index < -0.39 is 0 Å². The Morgan fingerprint density at radius 1 is 1.50 bits per heavy atom. The van der Waals surface area contributed by atoms with Crippen molar-refractivity contribution in [3.8, 4) is 0 Å². The van der Waals surface area contributed by atoms with E-state index in [1.807, 2.05) is 4.90 Å². The molecule has 84 valence electrons. The van der Waals surface area contributed by atoms with Crippen LogP contribution in [0.1, 0.15) is 16.8 Å². The highest BCUT2D eigenvalue weighted by atomic mass is 79.9. The van der Waals surface area contributed by atoms with E-state index >= 15 is 0 Å². The summed E-state index contributed by atoms with van der Waals surface area (Å²) in [7, 11) is 0. The summed E-state index contributed by atoms with van der Waals surface area (Å²) in [5.41, 5.74) is 0.633. The first-order valence-electron chi connectivity index (χ1n) is 5.29. The Bertz CT molecular complexity index is 438. The van der Waals surface area contributed by atoms with Crippen molar-refractivity contribution in [1.82, 2.24) is 9.88 Å². The summed E-state index contributed by atoms with van der Waals surface area (Å²) in [6.45, 7) is 1.50. The maximum atomic E-state index is 12.1. The fraction of sp³-hybridized carbons (Fsp3) is 0.455. The number of ether oxygens (including phenoxy) is 1. The van der Waals surface area contributed by atoms with Gasteiger partial charge in [-0.05, 0) is 28.4 Å². The molecule has 16 heavy (non-hydrogen) atoms. The van der Waals surface area contributed by atoms with Crippen molar-refractivity contribution >= 4 is 21.8 Å². The van der Waals surface area contributed by atoms with Gasteiger partial charge in [0.1, 0.15) is 6.10 Å². The van der Waals surface area contributed by atoms with Gasteiger partial charge in [0.25, 0.3) is 5.91 Å². The van der Waals surface area contributed by atoms with Gasteiger partial charge in [-0.3, -0.25) is 9.78 Å². The van der Waals surface area contributed by atoms with E-state index in [0.29, 0.717) is 11.7 Å². The smallest absolute Gasteiger partial charge is 0.255 e. The molecule has 2 atom stereocenters. The normalized spacial score (nSPS) is 27.4. The fourth-order valence-electron chi connectivity index (χ4n) is 2.08. The number of epoxide rings is 1. The lowest BCUT2D eigenvalue weighted by Gasteiger charge is -2.24. The second-order valence-electron chi connectivity index (χ2n) is 4.14. The number of hydrogen-bond donors (Lipinski definition) is 0. The summed E-state index contributed by atoms with van der Waals surface area (Å²) in [6.07, 6.45) is 4.92. The van der Waals surface area contributed by atoms with Crippen LogP contribution in [0.25, 0.3) is 0 Å². The predicted octanol–water partition coefficient (Wildman–Crippen LogP) is 1.46. The molecule has 0 aromatic carbocycles. The summed E-state index contributed by atoms with van der Waals surface area (Å²) in [6, 6.07) is 1.80. The van der Waals surface area contributed by atoms with Crippen molar-refractivity contribution in [3.05, 3.63) is 28.5 Å². The van der Waals surface area contributed by atoms with Crippen LogP contribution < -0.4 is 0 Å². The zero-order valence-electron chi connectivity index (χ0n) is 8.60. The Labute approximate surface area is 102 Å². The van der Waals surface area contributed by atoms with Crippen molar-refractivity contribution in [1.29, 1.82) is 0 Å². The number of carbonyl (C=O) groups is 1. The van der Waals surface area contributed by atoms with E-state index in [2.05, 4.69) is 20.9 Å². The van der Waals surface area contributed by atoms with E-state index in [-0.39, 0.29) is 12.0 Å². The molecule has 1 aromatic heterocycles. The second-order valence-corrected chi connectivity index (χ2v) is 5.06. The Morgan fingerprint density at radius 3 is 3.12 bits per heavy atom. The van der Waals surface area contributed by atoms with Crippen molar-refractivity contribution in [2.45, 2.75) is 18.6 Å². The van der Waals surface area contributed by atoms with Gasteiger partial charge in [-0.1, -0.05) is 0 Å². The van der Waals surface area contributed by atoms with E-state index in [4.69, 9.17) is 4.74 Å². The second kappa shape index (κ2) is 3.82. The molecule has 0 saturated carbocycles. The Balaban J connectivity index is 1.76. The maximum Gasteiger partial charge on any atom is 0.255 e. The molecule has 1 aromatic rings. The largest absolute Gasteiger partial charge is 0.368 e. The Morgan fingerprint density at radius 2 is 2.38 bits per heavy atom. The van der Waals surface area contributed by atoms with Gasteiger partial charge in [0.15, 0.2) is 0 Å². The zero-order valence-corrected chi connectivity index (χ0v) is 10.2. The molecule has 0 N–H and O–H groups in total. The van der Waals surface area contributed by atoms with Crippen LogP contribution in [-0.4, -0.2) is 41.1 Å². The quantitative estimate of drug-likeness (QED) is 0.733. The maximum absolute atomic E-state index is 12.1. The highest BCUT2D eigenvalue weighted by Crippen LogP contribution is 2.31. The number of amides is 1. The molecule has 0 radical (unpaired) electrons. The lowest BCUT2D eigenvalue weighted by molar-refractivity contribution is 0.0736. The number of fused-ring (bicyclic) bond motifs is 1. The molecular formula is C11H11BrN2O2. The fourth-order valence-corrected chi connectivity index (χ4v) is 2.45. The number of pyridine rings is 1. The minimum atomic E-state index is 0.0442. The van der Waals surface area contributed by atoms with E-state index in [1.165, 1.54) is 0 Å². The van der Waals surface area contributed by atoms with Crippen LogP contribution in [0.4, 0.5) is 0 Å². The minimum Gasteiger partial charge on any atom is -0.368 e. The molecule has 3 rings (SSSR count). The van der Waals surface area contributed by atoms with Crippen LogP contribution in [-0.2, 0) is 4.74 Å². The number of likely N-dealkylation sites (tertiary alicyclic amines) is 1. The number of aromatic nitrogens is 1. The number of piperidine rings is 1. The standard InChI is InChI=1S/C11H11BrN2O2/c12-8-3-7(4-13-5-8)11(15)14-2-1-9-10(6-14)16-9/h3-5,9-10H,1-2,6H2/t9-,10-/m0/s1. The molecule has 4 nitrogen and oxygen atoms in total. The molecule has 0 spiro atoms. The molecule has 2 aliphatic rings. The van der Waals surface area contributed by atoms with Gasteiger partial charge in [0.2, 0.25) is 0 Å². The molecule has 0 unspecified atom stereocenters. The summed E-state index contributed by atoms with van der Waals surface area (Å²) in [5, 5.41) is 0. The first kappa shape index (κ1) is 10.2. The van der Waals surface area contributed by atoms with Crippen molar-refractivity contribution in [3.63, 3.8) is 0 Å². The van der Waals surface area contributed by atoms with E-state index in [9.17, 15) is 4.79 Å². The van der Waals surface area contributed by atoms with Gasteiger partial charge in [0.05, 0.1) is 11.7 Å². The van der Waals surface area contributed by atoms with Gasteiger partial charge < -0.3 is 9.64 Å². The summed E-state index contributed by atoms with van der Waals surface area (Å²) < 4.78 is 6.23. The molecule has 2 fully saturated rings. The lowest BCUT2D eigenvalue weighted by Crippen LogP contribution is -2.39. The number of rotatable bonds is 1. The first-order valence-corrected chi connectivity index (χ1v) is 6.08. The van der Waals surface area contributed by atoms with Crippen LogP contribution in [0.5, 0.6) is 0 Å². The first-order chi connectivity index (χ1) is 7.74. The van der Waals surface area contributed by atoms with Crippen LogP contribution in [0.15, 0.2) is 22.9 Å². The van der Waals surface area contributed by atoms with Gasteiger partial charge in [-0.25, -0.2) is 0 Å². The molecule has 5 heteroatoms. The van der Waals surface area contributed by atoms with Gasteiger partial charge in [-0.15, -0.1) is 0 Å². The SMILES string of the molecule is O=C(c1cncc(Br)c1)N1CC[C@@H]2O[C@H]2C1. The third kappa shape index (κ3) is 1.85. The van der Waals surface area contributed by atoms with E-state index in [1.54, 1.807) is 18.5 Å². The number of hydrogen-bond acceptors (Lipinski definition) is 3. The van der Waals surface area contributed by atoms with Crippen LogP contribution in [0, 0.1) is 0 Å². The van der Waals surface area contributed by atoms with Crippen molar-refractivity contribution in [2.75, 3.05) is 13.1 Å². The van der Waals surface area contributed by atoms with Gasteiger partial charge in [-0.2, -0.15) is 0 Å². The van der Waals surface area contributed by atoms with Gasteiger partial charge >= 0.3 is 0 Å². The lowest BCUT2D eigenvalue weighted by atomic mass is 10.1. The Kier molecular flexibility index (Phi) is 2.44. The van der Waals surface area contributed by atoms with Crippen LogP contribution in [0.3, 0.4) is 0 Å². The van der Waals surface area contributed by atoms with Crippen molar-refractivity contribution in [2.24, 2.45) is 0 Å². The topological polar surface area (TPSA) is 45.7 Å². The molecule has 1 amide bonds. The summed E-state index contributed by atoms with van der Waals surface area (Å²) in [4.78, 5) is 18.0. The molecule has 0 bridgehead atoms. The average Bonchev–Trinajstić information content (AvgIpc) is 3.06. The highest BCUT2D eigenvalue weighted by Gasteiger charge is 2.44. The number of nitrogens with zero attached hydrogens (tertiary/aromatic N) is 2. The Hall–Kier alpha value is -0.940. The molecule has 0 aliphatic carbocycles. The number of carbonyl (C=O) groups excluding carboxylic acids is 1. The minimum absolute atomic E-state index is 0.0442. The molecule has 3 heterocycles. The predicted molar refractivity (Wildman–Crippen MR) is 61.1 cm³/mol. The summed E-state index contributed by atoms with van der Waals surface area (Å²) >= 11 is 3.32. The van der Waals surface area contributed by atoms with Crippen molar-refractivity contribution < 1.29 is 9.53 Å². The monoisotopic (exact) mass is 282 g/mol. The van der Waals surface area contributed by atoms with Crippen LogP contribution >= 0.6 is 15.9 Å². The number of halogens is 1. The molecule has 2 aliphatic heterocycles. The third-order valence-electron chi connectivity index (χ3n) is 3.01.